The van der Waals surface area contributed by atoms with Gasteiger partial charge in [-0.25, -0.2) is 4.39 Å². The van der Waals surface area contributed by atoms with Gasteiger partial charge in [-0.1, -0.05) is 0 Å². The number of nitrogens with zero attached hydrogens (tertiary/aromatic N) is 1. The fourth-order valence-electron chi connectivity index (χ4n) is 1.79. The van der Waals surface area contributed by atoms with Crippen molar-refractivity contribution >= 4 is 17.3 Å². The molecule has 0 unspecified atom stereocenters. The predicted molar refractivity (Wildman–Crippen MR) is 76.5 cm³/mol. The average molecular weight is 274 g/mol. The molecular formula is C15H15FN2O2. The summed E-state index contributed by atoms with van der Waals surface area (Å²) in [6, 6.07) is 11.0. The number of amides is 1. The second kappa shape index (κ2) is 5.61. The van der Waals surface area contributed by atoms with Crippen LogP contribution in [0.15, 0.2) is 42.5 Å². The predicted octanol–water partition coefficient (Wildman–Crippen LogP) is 2.69. The van der Waals surface area contributed by atoms with E-state index in [-0.39, 0.29) is 11.6 Å². The van der Waals surface area contributed by atoms with E-state index in [0.717, 1.165) is 0 Å². The van der Waals surface area contributed by atoms with E-state index < -0.39 is 5.82 Å². The van der Waals surface area contributed by atoms with E-state index in [2.05, 4.69) is 0 Å². The third kappa shape index (κ3) is 2.71. The molecule has 0 saturated heterocycles. The van der Waals surface area contributed by atoms with Crippen LogP contribution in [0.5, 0.6) is 5.75 Å². The number of rotatable bonds is 3. The first kappa shape index (κ1) is 13.9. The molecule has 0 spiro atoms. The normalized spacial score (nSPS) is 10.2. The number of benzene rings is 2. The summed E-state index contributed by atoms with van der Waals surface area (Å²) in [5.41, 5.74) is 6.47. The van der Waals surface area contributed by atoms with Crippen LogP contribution in [-0.4, -0.2) is 20.1 Å². The second-order valence-corrected chi connectivity index (χ2v) is 4.30. The molecule has 1 amide bonds. The van der Waals surface area contributed by atoms with Crippen molar-refractivity contribution in [3.8, 4) is 5.75 Å². The number of anilines is 2. The van der Waals surface area contributed by atoms with Crippen molar-refractivity contribution in [3.63, 3.8) is 0 Å². The first-order valence-corrected chi connectivity index (χ1v) is 6.00. The highest BCUT2D eigenvalue weighted by molar-refractivity contribution is 6.06. The van der Waals surface area contributed by atoms with Gasteiger partial charge in [-0.05, 0) is 42.5 Å². The van der Waals surface area contributed by atoms with E-state index in [1.165, 1.54) is 23.1 Å². The molecule has 4 nitrogen and oxygen atoms in total. The Bertz CT molecular complexity index is 626. The molecule has 0 atom stereocenters. The van der Waals surface area contributed by atoms with Crippen LogP contribution in [0.3, 0.4) is 0 Å². The molecule has 2 rings (SSSR count). The molecule has 0 fully saturated rings. The van der Waals surface area contributed by atoms with Crippen molar-refractivity contribution in [1.82, 2.24) is 0 Å². The van der Waals surface area contributed by atoms with Crippen LogP contribution in [0.1, 0.15) is 10.4 Å². The Kier molecular flexibility index (Phi) is 3.89. The van der Waals surface area contributed by atoms with Crippen LogP contribution in [0, 0.1) is 5.82 Å². The highest BCUT2D eigenvalue weighted by Crippen LogP contribution is 2.21. The first-order valence-electron chi connectivity index (χ1n) is 6.00. The lowest BCUT2D eigenvalue weighted by Crippen LogP contribution is -2.26. The molecular weight excluding hydrogens is 259 g/mol. The largest absolute Gasteiger partial charge is 0.497 e. The number of hydrogen-bond acceptors (Lipinski definition) is 3. The van der Waals surface area contributed by atoms with Gasteiger partial charge in [0.15, 0.2) is 0 Å². The van der Waals surface area contributed by atoms with Crippen molar-refractivity contribution in [3.05, 3.63) is 53.8 Å². The van der Waals surface area contributed by atoms with Gasteiger partial charge < -0.3 is 15.4 Å². The maximum Gasteiger partial charge on any atom is 0.258 e. The Morgan fingerprint density at radius 2 is 1.85 bits per heavy atom. The molecule has 2 N–H and O–H groups in total. The molecule has 0 bridgehead atoms. The molecule has 20 heavy (non-hydrogen) atoms. The van der Waals surface area contributed by atoms with Crippen molar-refractivity contribution in [2.24, 2.45) is 0 Å². The van der Waals surface area contributed by atoms with Gasteiger partial charge in [0, 0.05) is 18.3 Å². The van der Waals surface area contributed by atoms with E-state index in [0.29, 0.717) is 17.0 Å². The quantitative estimate of drug-likeness (QED) is 0.875. The lowest BCUT2D eigenvalue weighted by molar-refractivity contribution is 0.0993. The molecule has 0 aliphatic rings. The highest BCUT2D eigenvalue weighted by Gasteiger charge is 2.14. The number of nitrogens with two attached hydrogens (primary N) is 1. The Morgan fingerprint density at radius 3 is 2.40 bits per heavy atom. The number of halogens is 1. The minimum absolute atomic E-state index is 0.0426. The summed E-state index contributed by atoms with van der Waals surface area (Å²) in [6.07, 6.45) is 0. The Labute approximate surface area is 116 Å². The summed E-state index contributed by atoms with van der Waals surface area (Å²) < 4.78 is 18.2. The monoisotopic (exact) mass is 274 g/mol. The minimum Gasteiger partial charge on any atom is -0.497 e. The van der Waals surface area contributed by atoms with Crippen LogP contribution >= 0.6 is 0 Å². The summed E-state index contributed by atoms with van der Waals surface area (Å²) in [6.45, 7) is 0. The van der Waals surface area contributed by atoms with Crippen molar-refractivity contribution in [1.29, 1.82) is 0 Å². The smallest absolute Gasteiger partial charge is 0.258 e. The van der Waals surface area contributed by atoms with Gasteiger partial charge in [0.1, 0.15) is 11.6 Å². The standard InChI is InChI=1S/C15H15FN2O2/c1-18(11-4-6-12(20-2)7-5-11)15(19)10-3-8-13(16)14(17)9-10/h3-9H,17H2,1-2H3. The van der Waals surface area contributed by atoms with Gasteiger partial charge in [-0.15, -0.1) is 0 Å². The SMILES string of the molecule is COc1ccc(N(C)C(=O)c2ccc(F)c(N)c2)cc1. The number of nitrogen functional groups attached to an aromatic ring is 1. The van der Waals surface area contributed by atoms with Crippen LogP contribution in [-0.2, 0) is 0 Å². The third-order valence-electron chi connectivity index (χ3n) is 3.01. The summed E-state index contributed by atoms with van der Waals surface area (Å²) in [5, 5.41) is 0. The lowest BCUT2D eigenvalue weighted by atomic mass is 10.1. The Hall–Kier alpha value is -2.56. The van der Waals surface area contributed by atoms with Crippen LogP contribution in [0.25, 0.3) is 0 Å². The van der Waals surface area contributed by atoms with Gasteiger partial charge in [0.05, 0.1) is 12.8 Å². The van der Waals surface area contributed by atoms with Gasteiger partial charge in [0.2, 0.25) is 0 Å². The number of ether oxygens (including phenoxy) is 1. The summed E-state index contributed by atoms with van der Waals surface area (Å²) in [7, 11) is 3.22. The zero-order valence-electron chi connectivity index (χ0n) is 11.3. The molecule has 0 aliphatic heterocycles. The topological polar surface area (TPSA) is 55.6 Å². The lowest BCUT2D eigenvalue weighted by Gasteiger charge is -2.18. The van der Waals surface area contributed by atoms with Gasteiger partial charge >= 0.3 is 0 Å². The Balaban J connectivity index is 2.24. The summed E-state index contributed by atoms with van der Waals surface area (Å²) in [4.78, 5) is 13.7. The molecule has 0 radical (unpaired) electrons. The van der Waals surface area contributed by atoms with Gasteiger partial charge in [-0.2, -0.15) is 0 Å². The Morgan fingerprint density at radius 1 is 1.20 bits per heavy atom. The molecule has 0 aromatic heterocycles. The van der Waals surface area contributed by atoms with Gasteiger partial charge in [-0.3, -0.25) is 4.79 Å². The van der Waals surface area contributed by atoms with Crippen molar-refractivity contribution < 1.29 is 13.9 Å². The maximum absolute atomic E-state index is 13.1. The van der Waals surface area contributed by atoms with Crippen molar-refractivity contribution in [2.45, 2.75) is 0 Å². The molecule has 0 heterocycles. The maximum atomic E-state index is 13.1. The van der Waals surface area contributed by atoms with E-state index in [4.69, 9.17) is 10.5 Å². The van der Waals surface area contributed by atoms with Crippen molar-refractivity contribution in [2.75, 3.05) is 24.8 Å². The summed E-state index contributed by atoms with van der Waals surface area (Å²) in [5.74, 6) is -0.0869. The van der Waals surface area contributed by atoms with Crippen LogP contribution in [0.2, 0.25) is 0 Å². The average Bonchev–Trinajstić information content (AvgIpc) is 2.48. The van der Waals surface area contributed by atoms with Gasteiger partial charge in [0.25, 0.3) is 5.91 Å². The zero-order valence-corrected chi connectivity index (χ0v) is 11.3. The van der Waals surface area contributed by atoms with E-state index in [1.807, 2.05) is 0 Å². The zero-order chi connectivity index (χ0) is 14.7. The van der Waals surface area contributed by atoms with Crippen LogP contribution < -0.4 is 15.4 Å². The summed E-state index contributed by atoms with van der Waals surface area (Å²) >= 11 is 0. The van der Waals surface area contributed by atoms with E-state index in [9.17, 15) is 9.18 Å². The van der Waals surface area contributed by atoms with E-state index >= 15 is 0 Å². The molecule has 104 valence electrons. The van der Waals surface area contributed by atoms with E-state index in [1.54, 1.807) is 38.4 Å². The third-order valence-corrected chi connectivity index (χ3v) is 3.01. The fourth-order valence-corrected chi connectivity index (χ4v) is 1.79. The fraction of sp³-hybridized carbons (Fsp3) is 0.133. The van der Waals surface area contributed by atoms with Crippen LogP contribution in [0.4, 0.5) is 15.8 Å². The number of hydrogen-bond donors (Lipinski definition) is 1. The minimum atomic E-state index is -0.534. The first-order chi connectivity index (χ1) is 9.52. The molecule has 2 aromatic carbocycles. The molecule has 2 aromatic rings. The second-order valence-electron chi connectivity index (χ2n) is 4.30. The number of carbonyl (C=O) groups is 1. The number of methoxy groups -OCH3 is 1. The molecule has 0 saturated carbocycles. The molecule has 5 heteroatoms. The highest BCUT2D eigenvalue weighted by atomic mass is 19.1. The number of carbonyl (C=O) groups excluding carboxylic acids is 1. The molecule has 0 aliphatic carbocycles.